The summed E-state index contributed by atoms with van der Waals surface area (Å²) in [5.74, 6) is 0.228. The molecule has 4 rings (SSSR count). The average Bonchev–Trinajstić information content (AvgIpc) is 3.38. The fourth-order valence-electron chi connectivity index (χ4n) is 3.95. The molecule has 1 aliphatic rings. The van der Waals surface area contributed by atoms with Gasteiger partial charge in [0, 0.05) is 26.2 Å². The number of nitrogens with one attached hydrogen (secondary N) is 1. The molecule has 1 atom stereocenters. The van der Waals surface area contributed by atoms with Crippen molar-refractivity contribution >= 4 is 11.8 Å². The van der Waals surface area contributed by atoms with Crippen molar-refractivity contribution in [1.82, 2.24) is 15.1 Å². The minimum Gasteiger partial charge on any atom is -0.459 e. The van der Waals surface area contributed by atoms with E-state index in [-0.39, 0.29) is 23.9 Å². The molecule has 2 amide bonds. The molecule has 2 heterocycles. The number of amides is 2. The second-order valence-corrected chi connectivity index (χ2v) is 7.74. The van der Waals surface area contributed by atoms with Crippen molar-refractivity contribution in [2.45, 2.75) is 19.0 Å². The highest BCUT2D eigenvalue weighted by Crippen LogP contribution is 2.22. The molecule has 0 bridgehead atoms. The van der Waals surface area contributed by atoms with E-state index < -0.39 is 0 Å². The largest absolute Gasteiger partial charge is 0.459 e. The van der Waals surface area contributed by atoms with Crippen molar-refractivity contribution in [2.24, 2.45) is 0 Å². The van der Waals surface area contributed by atoms with E-state index in [4.69, 9.17) is 4.42 Å². The summed E-state index contributed by atoms with van der Waals surface area (Å²) in [5.41, 5.74) is 2.09. The Labute approximate surface area is 182 Å². The van der Waals surface area contributed by atoms with Gasteiger partial charge in [-0.05, 0) is 30.2 Å². The Balaban J connectivity index is 1.40. The van der Waals surface area contributed by atoms with E-state index in [0.29, 0.717) is 31.9 Å². The van der Waals surface area contributed by atoms with Crippen LogP contribution >= 0.6 is 0 Å². The molecule has 1 aromatic heterocycles. The van der Waals surface area contributed by atoms with Crippen LogP contribution in [0.5, 0.6) is 0 Å². The lowest BCUT2D eigenvalue weighted by atomic mass is 9.98. The molecule has 6 nitrogen and oxygen atoms in total. The molecule has 1 saturated heterocycles. The van der Waals surface area contributed by atoms with Gasteiger partial charge in [0.25, 0.3) is 5.91 Å². The van der Waals surface area contributed by atoms with Crippen molar-refractivity contribution in [3.8, 4) is 0 Å². The molecular weight excluding hydrogens is 390 g/mol. The van der Waals surface area contributed by atoms with Crippen LogP contribution in [0, 0.1) is 0 Å². The van der Waals surface area contributed by atoms with Gasteiger partial charge in [-0.1, -0.05) is 60.7 Å². The molecule has 0 radical (unpaired) electrons. The van der Waals surface area contributed by atoms with Crippen LogP contribution in [-0.2, 0) is 4.79 Å². The zero-order valence-electron chi connectivity index (χ0n) is 17.6. The first kappa shape index (κ1) is 20.9. The number of hydrogen-bond donors (Lipinski definition) is 1. The normalized spacial score (nSPS) is 15.6. The Morgan fingerprint density at radius 2 is 1.42 bits per heavy atom. The van der Waals surface area contributed by atoms with Crippen molar-refractivity contribution in [1.29, 1.82) is 0 Å². The van der Waals surface area contributed by atoms with Crippen LogP contribution in [0.25, 0.3) is 0 Å². The summed E-state index contributed by atoms with van der Waals surface area (Å²) < 4.78 is 5.22. The molecule has 0 saturated carbocycles. The first-order valence-corrected chi connectivity index (χ1v) is 10.6. The molecule has 0 spiro atoms. The molecule has 160 valence electrons. The Hall–Kier alpha value is -3.38. The summed E-state index contributed by atoms with van der Waals surface area (Å²) in [6.07, 6.45) is 1.51. The van der Waals surface area contributed by atoms with Crippen LogP contribution in [0.15, 0.2) is 83.5 Å². The number of nitrogens with zero attached hydrogens (tertiary/aromatic N) is 2. The number of carbonyl (C=O) groups excluding carboxylic acids is 2. The SMILES string of the molecule is C[C@@H](C(=O)NC(c1ccccc1)c1ccccc1)N1CCN(C(=O)c2ccco2)CC1. The number of rotatable bonds is 6. The summed E-state index contributed by atoms with van der Waals surface area (Å²) in [6, 6.07) is 22.9. The summed E-state index contributed by atoms with van der Waals surface area (Å²) in [6.45, 7) is 4.34. The van der Waals surface area contributed by atoms with E-state index in [1.165, 1.54) is 6.26 Å². The molecule has 1 fully saturated rings. The zero-order chi connectivity index (χ0) is 21.6. The Bertz CT molecular complexity index is 942. The lowest BCUT2D eigenvalue weighted by Gasteiger charge is -2.37. The molecule has 0 unspecified atom stereocenters. The van der Waals surface area contributed by atoms with Gasteiger partial charge in [0.15, 0.2) is 5.76 Å². The first-order chi connectivity index (χ1) is 15.1. The minimum absolute atomic E-state index is 0.0245. The van der Waals surface area contributed by atoms with E-state index in [1.54, 1.807) is 17.0 Å². The smallest absolute Gasteiger partial charge is 0.289 e. The Kier molecular flexibility index (Phi) is 6.48. The molecule has 0 aliphatic carbocycles. The van der Waals surface area contributed by atoms with Crippen LogP contribution in [0.3, 0.4) is 0 Å². The van der Waals surface area contributed by atoms with Gasteiger partial charge >= 0.3 is 0 Å². The van der Waals surface area contributed by atoms with Gasteiger partial charge in [-0.3, -0.25) is 14.5 Å². The molecule has 6 heteroatoms. The Morgan fingerprint density at radius 3 is 1.94 bits per heavy atom. The maximum absolute atomic E-state index is 13.2. The number of furan rings is 1. The molecule has 2 aromatic carbocycles. The highest BCUT2D eigenvalue weighted by molar-refractivity contribution is 5.91. The maximum atomic E-state index is 13.2. The van der Waals surface area contributed by atoms with Crippen LogP contribution in [0.1, 0.15) is 34.6 Å². The van der Waals surface area contributed by atoms with Crippen LogP contribution < -0.4 is 5.32 Å². The standard InChI is InChI=1S/C25H27N3O3/c1-19(27-14-16-28(17-15-27)25(30)22-13-8-18-31-22)24(29)26-23(20-9-4-2-5-10-20)21-11-6-3-7-12-21/h2-13,18-19,23H,14-17H2,1H3,(H,26,29)/t19-/m0/s1. The van der Waals surface area contributed by atoms with Crippen molar-refractivity contribution in [3.63, 3.8) is 0 Å². The summed E-state index contributed by atoms with van der Waals surface area (Å²) in [5, 5.41) is 3.23. The van der Waals surface area contributed by atoms with Gasteiger partial charge < -0.3 is 14.6 Å². The van der Waals surface area contributed by atoms with Gasteiger partial charge in [-0.2, -0.15) is 0 Å². The van der Waals surface area contributed by atoms with Crippen molar-refractivity contribution in [3.05, 3.63) is 95.9 Å². The van der Waals surface area contributed by atoms with Gasteiger partial charge in [0.1, 0.15) is 0 Å². The summed E-state index contributed by atoms with van der Waals surface area (Å²) in [4.78, 5) is 29.5. The third-order valence-electron chi connectivity index (χ3n) is 5.81. The van der Waals surface area contributed by atoms with Gasteiger partial charge in [0.05, 0.1) is 18.3 Å². The quantitative estimate of drug-likeness (QED) is 0.668. The van der Waals surface area contributed by atoms with Crippen molar-refractivity contribution in [2.75, 3.05) is 26.2 Å². The second kappa shape index (κ2) is 9.62. The van der Waals surface area contributed by atoms with Gasteiger partial charge in [-0.25, -0.2) is 0 Å². The van der Waals surface area contributed by atoms with Crippen LogP contribution in [0.2, 0.25) is 0 Å². The van der Waals surface area contributed by atoms with E-state index in [9.17, 15) is 9.59 Å². The molecule has 1 N–H and O–H groups in total. The predicted octanol–water partition coefficient (Wildman–Crippen LogP) is 3.33. The molecule has 1 aliphatic heterocycles. The number of benzene rings is 2. The van der Waals surface area contributed by atoms with E-state index in [1.807, 2.05) is 67.6 Å². The molecule has 31 heavy (non-hydrogen) atoms. The fourth-order valence-corrected chi connectivity index (χ4v) is 3.95. The highest BCUT2D eigenvalue weighted by Gasteiger charge is 2.30. The van der Waals surface area contributed by atoms with Crippen LogP contribution in [0.4, 0.5) is 0 Å². The second-order valence-electron chi connectivity index (χ2n) is 7.74. The fraction of sp³-hybridized carbons (Fsp3) is 0.280. The van der Waals surface area contributed by atoms with Gasteiger partial charge in [-0.15, -0.1) is 0 Å². The minimum atomic E-state index is -0.296. The third-order valence-corrected chi connectivity index (χ3v) is 5.81. The first-order valence-electron chi connectivity index (χ1n) is 10.6. The lowest BCUT2D eigenvalue weighted by molar-refractivity contribution is -0.127. The molecule has 3 aromatic rings. The third kappa shape index (κ3) is 4.86. The monoisotopic (exact) mass is 417 g/mol. The summed E-state index contributed by atoms with van der Waals surface area (Å²) in [7, 11) is 0. The number of piperazine rings is 1. The highest BCUT2D eigenvalue weighted by atomic mass is 16.3. The predicted molar refractivity (Wildman–Crippen MR) is 119 cm³/mol. The maximum Gasteiger partial charge on any atom is 0.289 e. The number of hydrogen-bond acceptors (Lipinski definition) is 4. The average molecular weight is 418 g/mol. The molecular formula is C25H27N3O3. The van der Waals surface area contributed by atoms with E-state index in [2.05, 4.69) is 10.2 Å². The van der Waals surface area contributed by atoms with E-state index >= 15 is 0 Å². The van der Waals surface area contributed by atoms with Gasteiger partial charge in [0.2, 0.25) is 5.91 Å². The summed E-state index contributed by atoms with van der Waals surface area (Å²) >= 11 is 0. The van der Waals surface area contributed by atoms with Crippen LogP contribution in [-0.4, -0.2) is 53.8 Å². The lowest BCUT2D eigenvalue weighted by Crippen LogP contribution is -2.55. The zero-order valence-corrected chi connectivity index (χ0v) is 17.6. The Morgan fingerprint density at radius 1 is 0.839 bits per heavy atom. The van der Waals surface area contributed by atoms with Crippen molar-refractivity contribution < 1.29 is 14.0 Å². The topological polar surface area (TPSA) is 65.8 Å². The number of carbonyl (C=O) groups is 2. The van der Waals surface area contributed by atoms with E-state index in [0.717, 1.165) is 11.1 Å².